The molecule has 4 nitrogen and oxygen atoms in total. The first kappa shape index (κ1) is 21.3. The summed E-state index contributed by atoms with van der Waals surface area (Å²) in [7, 11) is 0. The van der Waals surface area contributed by atoms with E-state index in [0.29, 0.717) is 30.9 Å². The van der Waals surface area contributed by atoms with Gasteiger partial charge < -0.3 is 10.1 Å². The molecule has 8 heteroatoms. The molecule has 0 radical (unpaired) electrons. The molecule has 0 aliphatic carbocycles. The van der Waals surface area contributed by atoms with E-state index in [9.17, 15) is 18.0 Å². The van der Waals surface area contributed by atoms with Crippen molar-refractivity contribution in [2.45, 2.75) is 19.0 Å². The van der Waals surface area contributed by atoms with Crippen molar-refractivity contribution in [2.24, 2.45) is 0 Å². The Hall–Kier alpha value is -2.98. The predicted molar refractivity (Wildman–Crippen MR) is 101 cm³/mol. The van der Waals surface area contributed by atoms with Crippen molar-refractivity contribution in [2.75, 3.05) is 11.9 Å². The summed E-state index contributed by atoms with van der Waals surface area (Å²) in [4.78, 5) is 12.0. The second kappa shape index (κ2) is 9.81. The normalized spacial score (nSPS) is 11.2. The summed E-state index contributed by atoms with van der Waals surface area (Å²) in [6.45, 7) is 0.378. The minimum absolute atomic E-state index is 0.196. The zero-order chi connectivity index (χ0) is 20.6. The molecule has 0 spiro atoms. The summed E-state index contributed by atoms with van der Waals surface area (Å²) in [5, 5.41) is 10.7. The third-order valence-electron chi connectivity index (χ3n) is 3.53. The van der Waals surface area contributed by atoms with Gasteiger partial charge in [0.1, 0.15) is 5.75 Å². The minimum atomic E-state index is -4.57. The molecule has 0 aromatic heterocycles. The first-order valence-corrected chi connectivity index (χ1v) is 8.63. The van der Waals surface area contributed by atoms with E-state index < -0.39 is 22.7 Å². The van der Waals surface area contributed by atoms with Crippen LogP contribution in [0.25, 0.3) is 6.08 Å². The molecule has 2 aromatic carbocycles. The van der Waals surface area contributed by atoms with Crippen LogP contribution in [0, 0.1) is 11.3 Å². The molecule has 1 amide bonds. The first-order valence-electron chi connectivity index (χ1n) is 8.25. The predicted octanol–water partition coefficient (Wildman–Crippen LogP) is 5.69. The van der Waals surface area contributed by atoms with Gasteiger partial charge in [-0.25, -0.2) is 0 Å². The number of amides is 1. The van der Waals surface area contributed by atoms with Crippen LogP contribution in [0.3, 0.4) is 0 Å². The number of rotatable bonds is 7. The quantitative estimate of drug-likeness (QED) is 0.472. The third kappa shape index (κ3) is 6.63. The van der Waals surface area contributed by atoms with Crippen LogP contribution in [0.15, 0.2) is 48.5 Å². The maximum Gasteiger partial charge on any atom is 0.417 e. The Morgan fingerprint density at radius 3 is 2.75 bits per heavy atom. The molecule has 0 aliphatic rings. The van der Waals surface area contributed by atoms with E-state index in [1.165, 1.54) is 12.1 Å². The van der Waals surface area contributed by atoms with E-state index in [2.05, 4.69) is 5.32 Å². The molecule has 0 heterocycles. The van der Waals surface area contributed by atoms with Crippen molar-refractivity contribution < 1.29 is 22.7 Å². The lowest BCUT2D eigenvalue weighted by Crippen LogP contribution is -2.08. The molecule has 2 aromatic rings. The third-order valence-corrected chi connectivity index (χ3v) is 3.86. The number of alkyl halides is 3. The number of unbranched alkanes of at least 4 members (excludes halogenated alkanes) is 1. The fourth-order valence-electron chi connectivity index (χ4n) is 2.22. The molecular weight excluding hydrogens is 393 g/mol. The van der Waals surface area contributed by atoms with Crippen molar-refractivity contribution in [1.82, 2.24) is 0 Å². The number of nitrogens with one attached hydrogen (secondary N) is 1. The van der Waals surface area contributed by atoms with Gasteiger partial charge in [0.15, 0.2) is 0 Å². The Kier molecular flexibility index (Phi) is 7.47. The number of anilines is 1. The summed E-state index contributed by atoms with van der Waals surface area (Å²) in [5.41, 5.74) is -0.293. The van der Waals surface area contributed by atoms with E-state index in [1.807, 2.05) is 6.07 Å². The highest BCUT2D eigenvalue weighted by molar-refractivity contribution is 6.31. The number of benzene rings is 2. The number of nitriles is 1. The Balaban J connectivity index is 2.00. The average Bonchev–Trinajstić information content (AvgIpc) is 2.64. The summed E-state index contributed by atoms with van der Waals surface area (Å²) in [5.74, 6) is 0.0254. The van der Waals surface area contributed by atoms with Gasteiger partial charge >= 0.3 is 6.18 Å². The molecule has 0 saturated carbocycles. The SMILES string of the molecule is N#CCCCOc1cccc(NC(=O)/C=C/c2ccc(Cl)c(C(F)(F)F)c2)c1. The fraction of sp³-hybridized carbons (Fsp3) is 0.200. The Morgan fingerprint density at radius 2 is 2.04 bits per heavy atom. The lowest BCUT2D eigenvalue weighted by molar-refractivity contribution is -0.137. The highest BCUT2D eigenvalue weighted by Crippen LogP contribution is 2.35. The summed E-state index contributed by atoms with van der Waals surface area (Å²) < 4.78 is 44.1. The number of ether oxygens (including phenoxy) is 1. The molecule has 0 saturated heterocycles. The van der Waals surface area contributed by atoms with E-state index >= 15 is 0 Å². The number of carbonyl (C=O) groups is 1. The molecule has 28 heavy (non-hydrogen) atoms. The van der Waals surface area contributed by atoms with Gasteiger partial charge in [0.05, 0.1) is 23.3 Å². The summed E-state index contributed by atoms with van der Waals surface area (Å²) in [6.07, 6.45) is -1.19. The van der Waals surface area contributed by atoms with Gasteiger partial charge in [0.25, 0.3) is 0 Å². The Morgan fingerprint density at radius 1 is 1.25 bits per heavy atom. The van der Waals surface area contributed by atoms with Crippen LogP contribution in [0.1, 0.15) is 24.0 Å². The molecule has 2 rings (SSSR count). The zero-order valence-electron chi connectivity index (χ0n) is 14.6. The van der Waals surface area contributed by atoms with Crippen LogP contribution in [0.2, 0.25) is 5.02 Å². The Bertz CT molecular complexity index is 905. The van der Waals surface area contributed by atoms with Crippen molar-refractivity contribution in [3.8, 4) is 11.8 Å². The number of hydrogen-bond acceptors (Lipinski definition) is 3. The van der Waals surface area contributed by atoms with Crippen molar-refractivity contribution >= 4 is 29.3 Å². The maximum absolute atomic E-state index is 12.9. The second-order valence-electron chi connectivity index (χ2n) is 5.70. The molecule has 0 fully saturated rings. The van der Waals surface area contributed by atoms with E-state index in [4.69, 9.17) is 21.6 Å². The molecule has 0 atom stereocenters. The fourth-order valence-corrected chi connectivity index (χ4v) is 2.45. The first-order chi connectivity index (χ1) is 13.3. The van der Waals surface area contributed by atoms with Crippen LogP contribution in [0.5, 0.6) is 5.75 Å². The van der Waals surface area contributed by atoms with Crippen molar-refractivity contribution in [1.29, 1.82) is 5.26 Å². The highest BCUT2D eigenvalue weighted by Gasteiger charge is 2.33. The van der Waals surface area contributed by atoms with Gasteiger partial charge in [-0.2, -0.15) is 18.4 Å². The molecule has 1 N–H and O–H groups in total. The van der Waals surface area contributed by atoms with Gasteiger partial charge in [0, 0.05) is 24.3 Å². The van der Waals surface area contributed by atoms with E-state index in [1.54, 1.807) is 24.3 Å². The van der Waals surface area contributed by atoms with Gasteiger partial charge in [-0.05, 0) is 42.3 Å². The summed E-state index contributed by atoms with van der Waals surface area (Å²) in [6, 6.07) is 12.1. The van der Waals surface area contributed by atoms with Crippen LogP contribution in [0.4, 0.5) is 18.9 Å². The van der Waals surface area contributed by atoms with Gasteiger partial charge in [-0.3, -0.25) is 4.79 Å². The molecular formula is C20H16ClF3N2O2. The number of nitrogens with zero attached hydrogens (tertiary/aromatic N) is 1. The topological polar surface area (TPSA) is 62.1 Å². The van der Waals surface area contributed by atoms with Crippen LogP contribution < -0.4 is 10.1 Å². The van der Waals surface area contributed by atoms with Crippen molar-refractivity contribution in [3.05, 3.63) is 64.7 Å². The van der Waals surface area contributed by atoms with Crippen LogP contribution in [-0.4, -0.2) is 12.5 Å². The number of halogens is 4. The van der Waals surface area contributed by atoms with Crippen LogP contribution >= 0.6 is 11.6 Å². The van der Waals surface area contributed by atoms with Gasteiger partial charge in [-0.1, -0.05) is 23.7 Å². The highest BCUT2D eigenvalue weighted by atomic mass is 35.5. The van der Waals surface area contributed by atoms with Crippen LogP contribution in [-0.2, 0) is 11.0 Å². The summed E-state index contributed by atoms with van der Waals surface area (Å²) >= 11 is 5.57. The number of hydrogen-bond donors (Lipinski definition) is 1. The monoisotopic (exact) mass is 408 g/mol. The van der Waals surface area contributed by atoms with Crippen molar-refractivity contribution in [3.63, 3.8) is 0 Å². The largest absolute Gasteiger partial charge is 0.493 e. The smallest absolute Gasteiger partial charge is 0.417 e. The van der Waals surface area contributed by atoms with Gasteiger partial charge in [0.2, 0.25) is 5.91 Å². The molecule has 0 bridgehead atoms. The standard InChI is InChI=1S/C20H16ClF3N2O2/c21-18-8-6-14(12-17(18)20(22,23)24)7-9-19(27)26-15-4-3-5-16(13-15)28-11-2-1-10-25/h3-9,12-13H,1-2,11H2,(H,26,27)/b9-7+. The maximum atomic E-state index is 12.9. The zero-order valence-corrected chi connectivity index (χ0v) is 15.3. The molecule has 0 aliphatic heterocycles. The lowest BCUT2D eigenvalue weighted by atomic mass is 10.1. The average molecular weight is 409 g/mol. The molecule has 0 unspecified atom stereocenters. The number of carbonyl (C=O) groups excluding carboxylic acids is 1. The lowest BCUT2D eigenvalue weighted by Gasteiger charge is -2.09. The van der Waals surface area contributed by atoms with E-state index in [0.717, 1.165) is 18.2 Å². The Labute approximate surface area is 165 Å². The minimum Gasteiger partial charge on any atom is -0.493 e. The molecule has 146 valence electrons. The van der Waals surface area contributed by atoms with Gasteiger partial charge in [-0.15, -0.1) is 0 Å². The van der Waals surface area contributed by atoms with E-state index in [-0.39, 0.29) is 5.56 Å². The second-order valence-corrected chi connectivity index (χ2v) is 6.10.